The average Bonchev–Trinajstić information content (AvgIpc) is 3.28. The molecule has 2 aliphatic heterocycles. The Labute approximate surface area is 408 Å². The number of carbonyl (C=O) groups is 6. The number of nitrogens with zero attached hydrogens (tertiary/aromatic N) is 2. The predicted octanol–water partition coefficient (Wildman–Crippen LogP) is 7.52. The molecule has 2 aromatic heterocycles. The highest BCUT2D eigenvalue weighted by molar-refractivity contribution is 5.98. The van der Waals surface area contributed by atoms with Gasteiger partial charge in [0.2, 0.25) is 11.8 Å². The van der Waals surface area contributed by atoms with Gasteiger partial charge in [-0.05, 0) is 126 Å². The first-order valence-corrected chi connectivity index (χ1v) is 23.2. The molecule has 0 saturated heterocycles. The van der Waals surface area contributed by atoms with Gasteiger partial charge >= 0.3 is 24.1 Å². The number of fused-ring (bicyclic) bond motifs is 8. The van der Waals surface area contributed by atoms with Crippen LogP contribution in [0.2, 0.25) is 0 Å². The van der Waals surface area contributed by atoms with Crippen LogP contribution in [0, 0.1) is 11.8 Å². The van der Waals surface area contributed by atoms with Crippen molar-refractivity contribution < 1.29 is 57.9 Å². The molecule has 0 saturated carbocycles. The van der Waals surface area contributed by atoms with E-state index >= 15 is 0 Å². The number of benzene rings is 2. The lowest BCUT2D eigenvalue weighted by molar-refractivity contribution is -0.140. The Morgan fingerprint density at radius 3 is 1.57 bits per heavy atom. The van der Waals surface area contributed by atoms with Gasteiger partial charge < -0.3 is 50.4 Å². The lowest BCUT2D eigenvalue weighted by Gasteiger charge is -2.26. The molecule has 2 aliphatic rings. The SMILES string of the molecule is COC(=O)Cc1ccc2c(c1)NC(=O)[C@H](C)C(O)CC[C@H](NC(=O)OC(C)(C)C)c1cc-2ccn1.COC(=O)Cc1ccc2c(c1)NC(=O)[C@H](C)CC(O)C[C@H](NC(=O)OC(C)(C)C)c1cc-2ccn1. The molecular weight excluding hydrogens is 901 g/mol. The number of hydrogen-bond acceptors (Lipinski definition) is 14. The van der Waals surface area contributed by atoms with Crippen molar-refractivity contribution in [1.29, 1.82) is 0 Å². The predicted molar refractivity (Wildman–Crippen MR) is 261 cm³/mol. The minimum atomic E-state index is -0.942. The molecule has 0 fully saturated rings. The van der Waals surface area contributed by atoms with E-state index in [-0.39, 0.29) is 49.9 Å². The van der Waals surface area contributed by atoms with Gasteiger partial charge in [0.15, 0.2) is 0 Å². The number of rotatable bonds is 6. The van der Waals surface area contributed by atoms with E-state index in [1.54, 1.807) is 98.1 Å². The maximum Gasteiger partial charge on any atom is 0.408 e. The van der Waals surface area contributed by atoms with Crippen molar-refractivity contribution in [2.24, 2.45) is 11.8 Å². The third-order valence-electron chi connectivity index (χ3n) is 11.4. The Balaban J connectivity index is 0.000000261. The molecule has 2 aromatic carbocycles. The van der Waals surface area contributed by atoms with E-state index in [0.717, 1.165) is 16.7 Å². The van der Waals surface area contributed by atoms with Gasteiger partial charge in [-0.3, -0.25) is 29.1 Å². The second-order valence-corrected chi connectivity index (χ2v) is 19.5. The summed E-state index contributed by atoms with van der Waals surface area (Å²) < 4.78 is 20.3. The van der Waals surface area contributed by atoms with Crippen molar-refractivity contribution in [2.75, 3.05) is 24.9 Å². The van der Waals surface area contributed by atoms with Crippen LogP contribution in [0.1, 0.15) is 116 Å². The third kappa shape index (κ3) is 15.8. The summed E-state index contributed by atoms with van der Waals surface area (Å²) in [7, 11) is 2.65. The molecule has 4 amide bonds. The summed E-state index contributed by atoms with van der Waals surface area (Å²) in [5.74, 6) is -2.60. The fourth-order valence-corrected chi connectivity index (χ4v) is 7.80. The monoisotopic (exact) mass is 966 g/mol. The molecule has 6 atom stereocenters. The van der Waals surface area contributed by atoms with E-state index in [1.807, 2.05) is 30.3 Å². The molecule has 18 nitrogen and oxygen atoms in total. The van der Waals surface area contributed by atoms with Gasteiger partial charge in [0.05, 0.1) is 68.7 Å². The first-order valence-electron chi connectivity index (χ1n) is 23.2. The zero-order chi connectivity index (χ0) is 51.5. The molecule has 70 heavy (non-hydrogen) atoms. The number of pyridine rings is 2. The van der Waals surface area contributed by atoms with Gasteiger partial charge in [-0.25, -0.2) is 9.59 Å². The molecule has 18 heteroatoms. The van der Waals surface area contributed by atoms with Crippen molar-refractivity contribution in [2.45, 2.75) is 129 Å². The van der Waals surface area contributed by atoms with Crippen LogP contribution in [0.25, 0.3) is 22.3 Å². The molecule has 0 aliphatic carbocycles. The van der Waals surface area contributed by atoms with Crippen molar-refractivity contribution in [3.63, 3.8) is 0 Å². The molecule has 2 unspecified atom stereocenters. The van der Waals surface area contributed by atoms with Crippen LogP contribution in [0.3, 0.4) is 0 Å². The molecule has 6 N–H and O–H groups in total. The smallest absolute Gasteiger partial charge is 0.408 e. The molecule has 0 radical (unpaired) electrons. The number of alkyl carbamates (subject to hydrolysis) is 2. The zero-order valence-corrected chi connectivity index (χ0v) is 41.5. The number of esters is 2. The first kappa shape index (κ1) is 54.0. The number of nitrogens with one attached hydrogen (secondary N) is 4. The molecule has 4 bridgehead atoms. The maximum absolute atomic E-state index is 13.0. The number of aliphatic hydroxyl groups excluding tert-OH is 2. The maximum atomic E-state index is 13.0. The quantitative estimate of drug-likeness (QED) is 0.0808. The summed E-state index contributed by atoms with van der Waals surface area (Å²) >= 11 is 0. The fourth-order valence-electron chi connectivity index (χ4n) is 7.80. The molecule has 4 heterocycles. The fraction of sp³-hybridized carbons (Fsp3) is 0.462. The Morgan fingerprint density at radius 2 is 1.10 bits per heavy atom. The molecule has 6 rings (SSSR count). The Kier molecular flexibility index (Phi) is 18.2. The van der Waals surface area contributed by atoms with Gasteiger partial charge in [-0.1, -0.05) is 38.1 Å². The number of carbonyl (C=O) groups excluding carboxylic acids is 6. The molecule has 376 valence electrons. The topological polar surface area (TPSA) is 254 Å². The lowest BCUT2D eigenvalue weighted by Crippen LogP contribution is -2.37. The standard InChI is InChI=1S/2C26H33N3O6/c1-15-10-18(30)14-22(29-25(33)35-26(2,3)4)21-13-17(8-9-27-21)19-7-6-16(12-23(31)34-5)11-20(19)28-24(15)32;1-15-22(30)9-8-19(29-25(33)35-26(2,3)4)21-14-17(10-11-27-21)18-7-6-16(13-23(31)34-5)12-20(18)28-24(15)32/h6-9,11,13,15,18,22,30H,10,12,14H2,1-5H3,(H,28,32)(H,29,33);6-7,10-12,14-15,19,22,30H,8-9,13H2,1-5H3,(H,28,32)(H,29,33)/t15-,18?,22+;15-,19+,22?/m11/s1. The summed E-state index contributed by atoms with van der Waals surface area (Å²) in [5.41, 5.74) is 5.19. The zero-order valence-electron chi connectivity index (χ0n) is 41.5. The van der Waals surface area contributed by atoms with Crippen molar-refractivity contribution in [1.82, 2.24) is 20.6 Å². The van der Waals surface area contributed by atoms with Crippen LogP contribution < -0.4 is 21.3 Å². The number of aliphatic hydroxyl groups is 2. The van der Waals surface area contributed by atoms with Crippen LogP contribution in [-0.4, -0.2) is 93.8 Å². The lowest BCUT2D eigenvalue weighted by atomic mass is 9.93. The van der Waals surface area contributed by atoms with E-state index in [1.165, 1.54) is 14.2 Å². The number of amides is 4. The minimum absolute atomic E-state index is 0.0569. The third-order valence-corrected chi connectivity index (χ3v) is 11.4. The van der Waals surface area contributed by atoms with E-state index in [2.05, 4.69) is 31.2 Å². The largest absolute Gasteiger partial charge is 0.469 e. The van der Waals surface area contributed by atoms with Gasteiger partial charge in [0.1, 0.15) is 11.2 Å². The number of ether oxygens (including phenoxy) is 4. The highest BCUT2D eigenvalue weighted by Crippen LogP contribution is 2.35. The summed E-state index contributed by atoms with van der Waals surface area (Å²) in [6.07, 6.45) is 1.33. The van der Waals surface area contributed by atoms with E-state index < -0.39 is 65.5 Å². The van der Waals surface area contributed by atoms with E-state index in [9.17, 15) is 39.0 Å². The Morgan fingerprint density at radius 1 is 0.643 bits per heavy atom. The first-order chi connectivity index (χ1) is 32.9. The summed E-state index contributed by atoms with van der Waals surface area (Å²) in [5, 5.41) is 33.0. The van der Waals surface area contributed by atoms with Gasteiger partial charge in [-0.2, -0.15) is 0 Å². The molecule has 0 spiro atoms. The second-order valence-electron chi connectivity index (χ2n) is 19.5. The van der Waals surface area contributed by atoms with Crippen LogP contribution >= 0.6 is 0 Å². The summed E-state index contributed by atoms with van der Waals surface area (Å²) in [4.78, 5) is 83.4. The highest BCUT2D eigenvalue weighted by atomic mass is 16.6. The minimum Gasteiger partial charge on any atom is -0.469 e. The van der Waals surface area contributed by atoms with Crippen molar-refractivity contribution in [3.8, 4) is 22.3 Å². The van der Waals surface area contributed by atoms with Crippen LogP contribution in [0.5, 0.6) is 0 Å². The normalized spacial score (nSPS) is 20.4. The van der Waals surface area contributed by atoms with Gasteiger partial charge in [0, 0.05) is 40.8 Å². The summed E-state index contributed by atoms with van der Waals surface area (Å²) in [6, 6.07) is 16.8. The number of anilines is 2. The van der Waals surface area contributed by atoms with Crippen LogP contribution in [-0.2, 0) is 51.0 Å². The van der Waals surface area contributed by atoms with Crippen molar-refractivity contribution in [3.05, 3.63) is 95.6 Å². The van der Waals surface area contributed by atoms with Gasteiger partial charge in [-0.15, -0.1) is 0 Å². The molecular formula is C52H66N6O12. The number of hydrogen-bond donors (Lipinski definition) is 6. The Hall–Kier alpha value is -6.92. The number of aromatic nitrogens is 2. The van der Waals surface area contributed by atoms with E-state index in [4.69, 9.17) is 18.9 Å². The second kappa shape index (κ2) is 23.6. The van der Waals surface area contributed by atoms with Crippen LogP contribution in [0.15, 0.2) is 73.1 Å². The Bertz CT molecular complexity index is 2540. The van der Waals surface area contributed by atoms with Crippen LogP contribution in [0.4, 0.5) is 21.0 Å². The molecule has 4 aromatic rings. The van der Waals surface area contributed by atoms with Gasteiger partial charge in [0.25, 0.3) is 0 Å². The highest BCUT2D eigenvalue weighted by Gasteiger charge is 2.30. The average molecular weight is 967 g/mol. The summed E-state index contributed by atoms with van der Waals surface area (Å²) in [6.45, 7) is 14.0. The number of methoxy groups -OCH3 is 2. The van der Waals surface area contributed by atoms with E-state index in [0.29, 0.717) is 45.9 Å². The van der Waals surface area contributed by atoms with Crippen molar-refractivity contribution >= 4 is 47.3 Å².